The maximum Gasteiger partial charge on any atom is 0.244 e. The first-order valence-electron chi connectivity index (χ1n) is 7.64. The third-order valence-corrected chi connectivity index (χ3v) is 3.65. The molecule has 0 fully saturated rings. The summed E-state index contributed by atoms with van der Waals surface area (Å²) in [7, 11) is 0. The van der Waals surface area contributed by atoms with Crippen molar-refractivity contribution in [1.82, 2.24) is 14.8 Å². The van der Waals surface area contributed by atoms with Crippen molar-refractivity contribution in [3.8, 4) is 6.07 Å². The van der Waals surface area contributed by atoms with Crippen LogP contribution in [-0.2, 0) is 11.3 Å². The van der Waals surface area contributed by atoms with Crippen molar-refractivity contribution in [1.29, 1.82) is 5.26 Å². The number of rotatable bonds is 6. The zero-order valence-corrected chi connectivity index (χ0v) is 13.3. The van der Waals surface area contributed by atoms with Gasteiger partial charge in [0.1, 0.15) is 6.04 Å². The van der Waals surface area contributed by atoms with E-state index in [1.807, 2.05) is 24.3 Å². The summed E-state index contributed by atoms with van der Waals surface area (Å²) in [6, 6.07) is 13.7. The molecule has 1 amide bonds. The van der Waals surface area contributed by atoms with Crippen molar-refractivity contribution >= 4 is 11.6 Å². The highest BCUT2D eigenvalue weighted by Gasteiger charge is 2.18. The highest BCUT2D eigenvalue weighted by molar-refractivity contribution is 5.84. The van der Waals surface area contributed by atoms with Crippen LogP contribution in [0.1, 0.15) is 22.9 Å². The van der Waals surface area contributed by atoms with Crippen molar-refractivity contribution in [3.05, 3.63) is 77.9 Å². The van der Waals surface area contributed by atoms with E-state index in [0.717, 1.165) is 5.69 Å². The van der Waals surface area contributed by atoms with Gasteiger partial charge in [-0.2, -0.15) is 10.4 Å². The monoisotopic (exact) mass is 332 g/mol. The van der Waals surface area contributed by atoms with Crippen LogP contribution in [0.25, 0.3) is 0 Å². The molecule has 0 spiro atoms. The minimum absolute atomic E-state index is 0.512. The average Bonchev–Trinajstić information content (AvgIpc) is 3.07. The van der Waals surface area contributed by atoms with Crippen LogP contribution in [0.2, 0.25) is 0 Å². The summed E-state index contributed by atoms with van der Waals surface area (Å²) in [5, 5.41) is 16.2. The second kappa shape index (κ2) is 7.27. The van der Waals surface area contributed by atoms with Crippen LogP contribution in [0.3, 0.4) is 0 Å². The topological polar surface area (TPSA) is 110 Å². The average molecular weight is 332 g/mol. The standard InChI is InChI=1S/C18H16N6O/c19-9-13-4-6-14(7-5-13)17(18(20)25)23-16-10-22-24(12-16)11-15-3-1-2-8-21-15/h1-8,10,12,17,23H,11H2,(H2,20,25). The highest BCUT2D eigenvalue weighted by atomic mass is 16.1. The third kappa shape index (κ3) is 4.00. The van der Waals surface area contributed by atoms with Gasteiger partial charge >= 0.3 is 0 Å². The number of nitrogens with two attached hydrogens (primary N) is 1. The highest BCUT2D eigenvalue weighted by Crippen LogP contribution is 2.20. The number of anilines is 1. The lowest BCUT2D eigenvalue weighted by Gasteiger charge is -2.15. The van der Waals surface area contributed by atoms with Gasteiger partial charge in [0.15, 0.2) is 0 Å². The Morgan fingerprint density at radius 3 is 2.72 bits per heavy atom. The van der Waals surface area contributed by atoms with Crippen molar-refractivity contribution in [2.75, 3.05) is 5.32 Å². The molecule has 7 nitrogen and oxygen atoms in total. The van der Waals surface area contributed by atoms with Crippen LogP contribution < -0.4 is 11.1 Å². The molecular weight excluding hydrogens is 316 g/mol. The van der Waals surface area contributed by atoms with Crippen LogP contribution in [0, 0.1) is 11.3 Å². The lowest BCUT2D eigenvalue weighted by Crippen LogP contribution is -2.27. The van der Waals surface area contributed by atoms with Crippen LogP contribution in [-0.4, -0.2) is 20.7 Å². The molecule has 124 valence electrons. The van der Waals surface area contributed by atoms with Gasteiger partial charge in [-0.05, 0) is 29.8 Å². The van der Waals surface area contributed by atoms with Crippen molar-refractivity contribution in [2.45, 2.75) is 12.6 Å². The maximum absolute atomic E-state index is 11.8. The van der Waals surface area contributed by atoms with E-state index in [4.69, 9.17) is 11.0 Å². The van der Waals surface area contributed by atoms with Gasteiger partial charge in [0.25, 0.3) is 0 Å². The SMILES string of the molecule is N#Cc1ccc(C(Nc2cnn(Cc3ccccn3)c2)C(N)=O)cc1. The number of hydrogen-bond acceptors (Lipinski definition) is 5. The number of nitrogens with one attached hydrogen (secondary N) is 1. The Kier molecular flexibility index (Phi) is 4.72. The number of amides is 1. The molecule has 25 heavy (non-hydrogen) atoms. The fourth-order valence-corrected chi connectivity index (χ4v) is 2.42. The second-order valence-electron chi connectivity index (χ2n) is 5.46. The molecule has 0 radical (unpaired) electrons. The molecule has 2 heterocycles. The molecule has 0 aliphatic heterocycles. The molecule has 0 aliphatic rings. The van der Waals surface area contributed by atoms with Crippen LogP contribution in [0.4, 0.5) is 5.69 Å². The lowest BCUT2D eigenvalue weighted by molar-refractivity contribution is -0.118. The summed E-state index contributed by atoms with van der Waals surface area (Å²) in [6.07, 6.45) is 5.14. The molecular formula is C18H16N6O. The Morgan fingerprint density at radius 1 is 1.28 bits per heavy atom. The van der Waals surface area contributed by atoms with E-state index in [9.17, 15) is 4.79 Å². The number of hydrogen-bond donors (Lipinski definition) is 2. The molecule has 3 rings (SSSR count). The number of nitrogens with zero attached hydrogens (tertiary/aromatic N) is 4. The predicted octanol–water partition coefficient (Wildman–Crippen LogP) is 1.84. The summed E-state index contributed by atoms with van der Waals surface area (Å²) >= 11 is 0. The molecule has 0 saturated heterocycles. The number of primary amides is 1. The van der Waals surface area contributed by atoms with E-state index in [1.54, 1.807) is 47.5 Å². The minimum Gasteiger partial charge on any atom is -0.368 e. The Bertz CT molecular complexity index is 895. The Labute approximate surface area is 144 Å². The number of aromatic nitrogens is 3. The number of pyridine rings is 1. The summed E-state index contributed by atoms with van der Waals surface area (Å²) in [4.78, 5) is 16.1. The Hall–Kier alpha value is -3.66. The number of benzene rings is 1. The van der Waals surface area contributed by atoms with Gasteiger partial charge in [0.05, 0.1) is 35.8 Å². The number of nitriles is 1. The molecule has 7 heteroatoms. The molecule has 3 N–H and O–H groups in total. The predicted molar refractivity (Wildman–Crippen MR) is 92.3 cm³/mol. The minimum atomic E-state index is -0.708. The van der Waals surface area contributed by atoms with E-state index >= 15 is 0 Å². The fraction of sp³-hybridized carbons (Fsp3) is 0.111. The van der Waals surface area contributed by atoms with E-state index in [-0.39, 0.29) is 0 Å². The van der Waals surface area contributed by atoms with Gasteiger partial charge in [0, 0.05) is 12.4 Å². The Balaban J connectivity index is 1.74. The van der Waals surface area contributed by atoms with Gasteiger partial charge in [0.2, 0.25) is 5.91 Å². The first kappa shape index (κ1) is 16.2. The van der Waals surface area contributed by atoms with E-state index in [2.05, 4.69) is 15.4 Å². The van der Waals surface area contributed by atoms with Gasteiger partial charge < -0.3 is 11.1 Å². The van der Waals surface area contributed by atoms with E-state index in [1.165, 1.54) is 0 Å². The molecule has 1 atom stereocenters. The summed E-state index contributed by atoms with van der Waals surface area (Å²) < 4.78 is 1.72. The molecule has 0 saturated carbocycles. The van der Waals surface area contributed by atoms with Crippen molar-refractivity contribution < 1.29 is 4.79 Å². The van der Waals surface area contributed by atoms with E-state index < -0.39 is 11.9 Å². The molecule has 1 unspecified atom stereocenters. The van der Waals surface area contributed by atoms with E-state index in [0.29, 0.717) is 23.4 Å². The third-order valence-electron chi connectivity index (χ3n) is 3.65. The van der Waals surface area contributed by atoms with Crippen molar-refractivity contribution in [3.63, 3.8) is 0 Å². The first-order valence-corrected chi connectivity index (χ1v) is 7.64. The van der Waals surface area contributed by atoms with Gasteiger partial charge in [-0.15, -0.1) is 0 Å². The van der Waals surface area contributed by atoms with Crippen LogP contribution in [0.5, 0.6) is 0 Å². The molecule has 0 bridgehead atoms. The quantitative estimate of drug-likeness (QED) is 0.715. The normalized spacial score (nSPS) is 11.5. The maximum atomic E-state index is 11.8. The summed E-state index contributed by atoms with van der Waals surface area (Å²) in [5.41, 5.74) is 8.28. The number of carbonyl (C=O) groups is 1. The number of carbonyl (C=O) groups excluding carboxylic acids is 1. The first-order chi connectivity index (χ1) is 12.2. The largest absolute Gasteiger partial charge is 0.368 e. The van der Waals surface area contributed by atoms with Gasteiger partial charge in [-0.25, -0.2) is 0 Å². The lowest BCUT2D eigenvalue weighted by atomic mass is 10.0. The van der Waals surface area contributed by atoms with Gasteiger partial charge in [-0.1, -0.05) is 18.2 Å². The zero-order valence-electron chi connectivity index (χ0n) is 13.3. The van der Waals surface area contributed by atoms with Gasteiger partial charge in [-0.3, -0.25) is 14.5 Å². The van der Waals surface area contributed by atoms with Crippen molar-refractivity contribution in [2.24, 2.45) is 5.73 Å². The zero-order chi connectivity index (χ0) is 17.6. The fourth-order valence-electron chi connectivity index (χ4n) is 2.42. The summed E-state index contributed by atoms with van der Waals surface area (Å²) in [5.74, 6) is -0.512. The molecule has 1 aromatic carbocycles. The van der Waals surface area contributed by atoms with Crippen LogP contribution in [0.15, 0.2) is 61.1 Å². The van der Waals surface area contributed by atoms with Crippen LogP contribution >= 0.6 is 0 Å². The Morgan fingerprint density at radius 2 is 2.08 bits per heavy atom. The smallest absolute Gasteiger partial charge is 0.244 e. The molecule has 2 aromatic heterocycles. The molecule has 3 aromatic rings. The summed E-state index contributed by atoms with van der Waals surface area (Å²) in [6.45, 7) is 0.528. The second-order valence-corrected chi connectivity index (χ2v) is 5.46. The molecule has 0 aliphatic carbocycles.